The minimum absolute atomic E-state index is 0. The van der Waals surface area contributed by atoms with Crippen molar-refractivity contribution in [3.63, 3.8) is 0 Å². The number of hydrogen-bond acceptors (Lipinski definition) is 7. The number of carbonyl (C=O) groups is 2. The number of thioether (sulfide) groups is 1. The zero-order chi connectivity index (χ0) is 18.4. The summed E-state index contributed by atoms with van der Waals surface area (Å²) in [5.74, 6) is 1.01. The van der Waals surface area contributed by atoms with Crippen LogP contribution in [-0.4, -0.2) is 57.2 Å². The maximum Gasteiger partial charge on any atom is 0.338 e. The van der Waals surface area contributed by atoms with E-state index in [1.54, 1.807) is 18.7 Å². The largest absolute Gasteiger partial charge is 0.462 e. The van der Waals surface area contributed by atoms with Gasteiger partial charge in [-0.2, -0.15) is 11.8 Å². The average Bonchev–Trinajstić information content (AvgIpc) is 2.54. The monoisotopic (exact) mass is 422 g/mol. The Bertz CT molecular complexity index is 749. The number of hydrogen-bond donors (Lipinski definition) is 2. The summed E-state index contributed by atoms with van der Waals surface area (Å²) in [5, 5.41) is 5.94. The van der Waals surface area contributed by atoms with Crippen molar-refractivity contribution in [2.24, 2.45) is 0 Å². The second-order valence-electron chi connectivity index (χ2n) is 5.72. The van der Waals surface area contributed by atoms with Crippen molar-refractivity contribution in [2.75, 3.05) is 36.2 Å². The predicted molar refractivity (Wildman–Crippen MR) is 105 cm³/mol. The Balaban J connectivity index is 0.00000338. The summed E-state index contributed by atoms with van der Waals surface area (Å²) in [6.45, 7) is 2.70. The van der Waals surface area contributed by atoms with Gasteiger partial charge in [0.05, 0.1) is 17.1 Å². The molecule has 146 valence electrons. The van der Waals surface area contributed by atoms with Gasteiger partial charge < -0.3 is 15.4 Å². The molecule has 1 amide bonds. The topological polar surface area (TPSA) is 102 Å². The molecule has 0 saturated carbocycles. The highest BCUT2D eigenvalue weighted by Crippen LogP contribution is 2.21. The molecule has 1 atom stereocenters. The smallest absolute Gasteiger partial charge is 0.338 e. The number of nitrogens with one attached hydrogen (secondary N) is 2. The number of rotatable bonds is 6. The summed E-state index contributed by atoms with van der Waals surface area (Å²) in [4.78, 5) is 24.1. The van der Waals surface area contributed by atoms with E-state index >= 15 is 0 Å². The molecule has 0 bridgehead atoms. The molecule has 2 N–H and O–H groups in total. The average molecular weight is 423 g/mol. The lowest BCUT2D eigenvalue weighted by Gasteiger charge is -2.22. The molecule has 1 saturated heterocycles. The summed E-state index contributed by atoms with van der Waals surface area (Å²) < 4.78 is 28.6. The van der Waals surface area contributed by atoms with Gasteiger partial charge in [-0.15, -0.1) is 12.4 Å². The third-order valence-corrected chi connectivity index (χ3v) is 5.78. The summed E-state index contributed by atoms with van der Waals surface area (Å²) in [6.07, 6.45) is 1.33. The van der Waals surface area contributed by atoms with Gasteiger partial charge in [0.25, 0.3) is 0 Å². The van der Waals surface area contributed by atoms with E-state index in [-0.39, 0.29) is 53.5 Å². The highest BCUT2D eigenvalue weighted by molar-refractivity contribution is 7.99. The second kappa shape index (κ2) is 10.1. The Labute approximate surface area is 164 Å². The second-order valence-corrected chi connectivity index (χ2v) is 8.88. The minimum atomic E-state index is -3.53. The van der Waals surface area contributed by atoms with Gasteiger partial charge in [0.2, 0.25) is 5.91 Å². The van der Waals surface area contributed by atoms with E-state index in [4.69, 9.17) is 4.74 Å². The Morgan fingerprint density at radius 3 is 2.65 bits per heavy atom. The fraction of sp³-hybridized carbons (Fsp3) is 0.500. The molecular weight excluding hydrogens is 400 g/mol. The van der Waals surface area contributed by atoms with Crippen LogP contribution in [0.25, 0.3) is 0 Å². The van der Waals surface area contributed by atoms with E-state index < -0.39 is 15.8 Å². The molecule has 1 aromatic rings. The molecule has 26 heavy (non-hydrogen) atoms. The third kappa shape index (κ3) is 6.79. The first-order chi connectivity index (χ1) is 11.8. The van der Waals surface area contributed by atoms with Gasteiger partial charge in [-0.1, -0.05) is 0 Å². The van der Waals surface area contributed by atoms with Crippen LogP contribution in [0.4, 0.5) is 5.69 Å². The maximum atomic E-state index is 12.2. The van der Waals surface area contributed by atoms with Crippen LogP contribution in [0.2, 0.25) is 0 Å². The van der Waals surface area contributed by atoms with Crippen LogP contribution in [0.15, 0.2) is 23.1 Å². The van der Waals surface area contributed by atoms with Gasteiger partial charge in [0.15, 0.2) is 9.84 Å². The molecule has 2 rings (SSSR count). The van der Waals surface area contributed by atoms with Gasteiger partial charge in [0.1, 0.15) is 0 Å². The van der Waals surface area contributed by atoms with Gasteiger partial charge in [-0.25, -0.2) is 13.2 Å². The van der Waals surface area contributed by atoms with Gasteiger partial charge in [0, 0.05) is 42.5 Å². The first kappa shape index (κ1) is 22.8. The lowest BCUT2D eigenvalue weighted by molar-refractivity contribution is -0.116. The van der Waals surface area contributed by atoms with E-state index in [1.165, 1.54) is 18.2 Å². The molecule has 1 aliphatic heterocycles. The number of esters is 1. The molecule has 1 heterocycles. The van der Waals surface area contributed by atoms with Gasteiger partial charge >= 0.3 is 5.97 Å². The summed E-state index contributed by atoms with van der Waals surface area (Å²) >= 11 is 1.79. The predicted octanol–water partition coefficient (Wildman–Crippen LogP) is 1.72. The number of benzene rings is 1. The van der Waals surface area contributed by atoms with Gasteiger partial charge in [-0.3, -0.25) is 4.79 Å². The first-order valence-corrected chi connectivity index (χ1v) is 11.0. The molecular formula is C16H23ClN2O5S2. The molecule has 1 fully saturated rings. The van der Waals surface area contributed by atoms with E-state index in [0.29, 0.717) is 0 Å². The van der Waals surface area contributed by atoms with Crippen molar-refractivity contribution in [3.05, 3.63) is 23.8 Å². The van der Waals surface area contributed by atoms with Crippen LogP contribution in [-0.2, 0) is 19.4 Å². The number of ether oxygens (including phenoxy) is 1. The molecule has 1 aliphatic rings. The highest BCUT2D eigenvalue weighted by Gasteiger charge is 2.19. The van der Waals surface area contributed by atoms with E-state index in [1.807, 2.05) is 0 Å². The van der Waals surface area contributed by atoms with Crippen molar-refractivity contribution in [1.29, 1.82) is 0 Å². The molecule has 1 aromatic carbocycles. The minimum Gasteiger partial charge on any atom is -0.462 e. The first-order valence-electron chi connectivity index (χ1n) is 7.93. The number of halogens is 1. The molecule has 1 unspecified atom stereocenters. The fourth-order valence-corrected chi connectivity index (χ4v) is 4.04. The molecule has 0 aliphatic carbocycles. The van der Waals surface area contributed by atoms with Crippen molar-refractivity contribution in [2.45, 2.75) is 24.3 Å². The van der Waals surface area contributed by atoms with Crippen LogP contribution in [0.3, 0.4) is 0 Å². The summed E-state index contributed by atoms with van der Waals surface area (Å²) in [6, 6.07) is 4.11. The maximum absolute atomic E-state index is 12.2. The Morgan fingerprint density at radius 2 is 2.08 bits per heavy atom. The standard InChI is InChI=1S/C16H22N2O5S2.ClH/c1-3-23-16(20)11-6-12(8-14(7-11)25(2,21)22)18-15(19)9-13-10-24-5-4-17-13;/h6-8,13,17H,3-5,9-10H2,1-2H3,(H,18,19);1H. The van der Waals surface area contributed by atoms with Crippen LogP contribution in [0, 0.1) is 0 Å². The Hall–Kier alpha value is -1.29. The normalized spacial score (nSPS) is 17.1. The quantitative estimate of drug-likeness (QED) is 0.673. The van der Waals surface area contributed by atoms with Crippen LogP contribution in [0.5, 0.6) is 0 Å². The summed E-state index contributed by atoms with van der Waals surface area (Å²) in [5.41, 5.74) is 0.353. The van der Waals surface area contributed by atoms with Crippen LogP contribution < -0.4 is 10.6 Å². The third-order valence-electron chi connectivity index (χ3n) is 3.56. The molecule has 0 aromatic heterocycles. The molecule has 0 spiro atoms. The van der Waals surface area contributed by atoms with E-state index in [9.17, 15) is 18.0 Å². The Morgan fingerprint density at radius 1 is 1.35 bits per heavy atom. The Kier molecular flexibility index (Phi) is 8.88. The van der Waals surface area contributed by atoms with E-state index in [0.717, 1.165) is 24.3 Å². The number of anilines is 1. The van der Waals surface area contributed by atoms with Gasteiger partial charge in [-0.05, 0) is 25.1 Å². The number of carbonyl (C=O) groups excluding carboxylic acids is 2. The zero-order valence-corrected chi connectivity index (χ0v) is 17.1. The fourth-order valence-electron chi connectivity index (χ4n) is 2.40. The van der Waals surface area contributed by atoms with Crippen molar-refractivity contribution >= 4 is 51.6 Å². The molecule has 10 heteroatoms. The molecule has 0 radical (unpaired) electrons. The summed E-state index contributed by atoms with van der Waals surface area (Å²) in [7, 11) is -3.53. The van der Waals surface area contributed by atoms with E-state index in [2.05, 4.69) is 10.6 Å². The SMILES string of the molecule is CCOC(=O)c1cc(NC(=O)CC2CSCCN2)cc(S(C)(=O)=O)c1.Cl. The zero-order valence-electron chi connectivity index (χ0n) is 14.6. The highest BCUT2D eigenvalue weighted by atomic mass is 35.5. The van der Waals surface area contributed by atoms with Crippen molar-refractivity contribution < 1.29 is 22.7 Å². The van der Waals surface area contributed by atoms with Crippen LogP contribution >= 0.6 is 24.2 Å². The number of sulfone groups is 1. The van der Waals surface area contributed by atoms with Crippen molar-refractivity contribution in [3.8, 4) is 0 Å². The molecule has 7 nitrogen and oxygen atoms in total. The lowest BCUT2D eigenvalue weighted by Crippen LogP contribution is -2.39. The van der Waals surface area contributed by atoms with Crippen LogP contribution in [0.1, 0.15) is 23.7 Å². The number of amides is 1. The van der Waals surface area contributed by atoms with Crippen molar-refractivity contribution in [1.82, 2.24) is 5.32 Å². The lowest BCUT2D eigenvalue weighted by atomic mass is 10.2.